The number of carbonyl (C=O) groups is 1. The zero-order valence-electron chi connectivity index (χ0n) is 15.9. The number of hydrogen-bond donors (Lipinski definition) is 0. The minimum absolute atomic E-state index is 0.0395. The molecular weight excluding hydrogens is 360 g/mol. The van der Waals surface area contributed by atoms with Crippen LogP contribution in [0.1, 0.15) is 33.1 Å². The highest BCUT2D eigenvalue weighted by molar-refractivity contribution is 7.17. The van der Waals surface area contributed by atoms with E-state index in [1.165, 1.54) is 17.5 Å². The quantitative estimate of drug-likeness (QED) is 0.735. The molecule has 3 saturated heterocycles. The van der Waals surface area contributed by atoms with E-state index in [2.05, 4.69) is 28.2 Å². The summed E-state index contributed by atoms with van der Waals surface area (Å²) < 4.78 is 6.36. The first-order chi connectivity index (χ1) is 13.1. The molecule has 0 amide bonds. The number of thiophene rings is 1. The van der Waals surface area contributed by atoms with Crippen molar-refractivity contribution >= 4 is 39.3 Å². The van der Waals surface area contributed by atoms with E-state index in [0.717, 1.165) is 36.9 Å². The minimum Gasteiger partial charge on any atom is -0.466 e. The van der Waals surface area contributed by atoms with Crippen LogP contribution in [0.5, 0.6) is 0 Å². The Kier molecular flexibility index (Phi) is 4.22. The molecule has 0 radical (unpaired) electrons. The molecule has 1 saturated carbocycles. The van der Waals surface area contributed by atoms with Gasteiger partial charge in [0.15, 0.2) is 5.82 Å². The minimum atomic E-state index is -0.0395. The summed E-state index contributed by atoms with van der Waals surface area (Å²) in [7, 11) is 0. The zero-order valence-corrected chi connectivity index (χ0v) is 16.7. The molecule has 2 aromatic rings. The van der Waals surface area contributed by atoms with Crippen LogP contribution in [0.15, 0.2) is 11.4 Å². The van der Waals surface area contributed by atoms with Crippen LogP contribution in [0.25, 0.3) is 10.2 Å². The molecule has 2 bridgehead atoms. The molecule has 0 aromatic carbocycles. The highest BCUT2D eigenvalue weighted by Crippen LogP contribution is 2.49. The number of anilines is 2. The van der Waals surface area contributed by atoms with Crippen molar-refractivity contribution in [3.05, 3.63) is 11.4 Å². The number of hydrogen-bond acceptors (Lipinski definition) is 7. The summed E-state index contributed by atoms with van der Waals surface area (Å²) in [6.45, 7) is 7.60. The number of nitrogens with zero attached hydrogens (tertiary/aromatic N) is 4. The first-order valence-electron chi connectivity index (χ1n) is 10.1. The third kappa shape index (κ3) is 2.87. The summed E-state index contributed by atoms with van der Waals surface area (Å²) in [4.78, 5) is 26.4. The third-order valence-corrected chi connectivity index (χ3v) is 7.48. The van der Waals surface area contributed by atoms with Crippen LogP contribution >= 0.6 is 11.3 Å². The van der Waals surface area contributed by atoms with Crippen molar-refractivity contribution in [1.29, 1.82) is 0 Å². The molecule has 144 valence electrons. The lowest BCUT2D eigenvalue weighted by molar-refractivity contribution is -0.147. The Labute approximate surface area is 163 Å². The van der Waals surface area contributed by atoms with E-state index >= 15 is 0 Å². The standard InChI is InChI=1S/C20H26N4O2S/c1-3-26-17(25)9-15-13-8-14(15)11-23(10-13)19-18-16(5-7-27-18)21-20(22-19)24-6-4-12(24)2/h5,7,12-15H,3-4,6,8-11H2,1-2H3. The SMILES string of the molecule is CCOC(=O)CC1C2CC1CN(c1nc(N3CCC3C)nc3ccsc13)C2. The van der Waals surface area contributed by atoms with Crippen molar-refractivity contribution < 1.29 is 9.53 Å². The predicted octanol–water partition coefficient (Wildman–Crippen LogP) is 3.32. The van der Waals surface area contributed by atoms with Crippen LogP contribution in [-0.2, 0) is 9.53 Å². The number of fused-ring (bicyclic) bond motifs is 3. The number of aromatic nitrogens is 2. The first kappa shape index (κ1) is 17.2. The van der Waals surface area contributed by atoms with Crippen LogP contribution in [0.2, 0.25) is 0 Å². The van der Waals surface area contributed by atoms with Gasteiger partial charge in [-0.2, -0.15) is 4.98 Å². The Hall–Kier alpha value is -1.89. The number of ether oxygens (including phenoxy) is 1. The van der Waals surface area contributed by atoms with E-state index in [9.17, 15) is 4.79 Å². The molecule has 5 heterocycles. The molecule has 2 aromatic heterocycles. The summed E-state index contributed by atoms with van der Waals surface area (Å²) in [5, 5.41) is 2.11. The van der Waals surface area contributed by atoms with Crippen molar-refractivity contribution in [2.45, 2.75) is 39.2 Å². The fraction of sp³-hybridized carbons (Fsp3) is 0.650. The largest absolute Gasteiger partial charge is 0.466 e. The van der Waals surface area contributed by atoms with Crippen molar-refractivity contribution in [3.8, 4) is 0 Å². The van der Waals surface area contributed by atoms with E-state index < -0.39 is 0 Å². The van der Waals surface area contributed by atoms with Gasteiger partial charge in [0.25, 0.3) is 0 Å². The van der Waals surface area contributed by atoms with E-state index in [4.69, 9.17) is 14.7 Å². The fourth-order valence-corrected chi connectivity index (χ4v) is 5.75. The summed E-state index contributed by atoms with van der Waals surface area (Å²) >= 11 is 1.73. The number of rotatable bonds is 5. The molecule has 0 spiro atoms. The summed E-state index contributed by atoms with van der Waals surface area (Å²) in [6.07, 6.45) is 3.02. The van der Waals surface area contributed by atoms with Crippen LogP contribution in [0.4, 0.5) is 11.8 Å². The normalized spacial score (nSPS) is 29.4. The van der Waals surface area contributed by atoms with Crippen LogP contribution in [0.3, 0.4) is 0 Å². The Balaban J connectivity index is 1.38. The molecule has 27 heavy (non-hydrogen) atoms. The van der Waals surface area contributed by atoms with Gasteiger partial charge in [-0.3, -0.25) is 4.79 Å². The maximum atomic E-state index is 11.9. The molecule has 0 N–H and O–H groups in total. The van der Waals surface area contributed by atoms with E-state index in [-0.39, 0.29) is 5.97 Å². The summed E-state index contributed by atoms with van der Waals surface area (Å²) in [5.41, 5.74) is 1.06. The highest BCUT2D eigenvalue weighted by atomic mass is 32.1. The lowest BCUT2D eigenvalue weighted by Crippen LogP contribution is -2.56. The molecule has 3 aliphatic heterocycles. The third-order valence-electron chi connectivity index (χ3n) is 6.58. The Morgan fingerprint density at radius 3 is 2.81 bits per heavy atom. The fourth-order valence-electron chi connectivity index (χ4n) is 4.90. The Bertz CT molecular complexity index is 857. The second-order valence-electron chi connectivity index (χ2n) is 8.15. The van der Waals surface area contributed by atoms with Gasteiger partial charge in [-0.05, 0) is 55.9 Å². The molecule has 6 nitrogen and oxygen atoms in total. The van der Waals surface area contributed by atoms with Crippen LogP contribution in [0, 0.1) is 17.8 Å². The van der Waals surface area contributed by atoms with Gasteiger partial charge in [0.2, 0.25) is 5.95 Å². The summed E-state index contributed by atoms with van der Waals surface area (Å²) in [5.74, 6) is 3.55. The molecule has 3 unspecified atom stereocenters. The van der Waals surface area contributed by atoms with Gasteiger partial charge in [-0.15, -0.1) is 11.3 Å². The molecule has 6 rings (SSSR count). The van der Waals surface area contributed by atoms with Crippen molar-refractivity contribution in [3.63, 3.8) is 0 Å². The molecule has 3 atom stereocenters. The topological polar surface area (TPSA) is 58.6 Å². The predicted molar refractivity (Wildman–Crippen MR) is 107 cm³/mol. The molecule has 1 aliphatic carbocycles. The van der Waals surface area contributed by atoms with Crippen molar-refractivity contribution in [1.82, 2.24) is 9.97 Å². The number of carbonyl (C=O) groups excluding carboxylic acids is 1. The zero-order chi connectivity index (χ0) is 18.5. The van der Waals surface area contributed by atoms with Crippen molar-refractivity contribution in [2.75, 3.05) is 36.0 Å². The molecule has 4 fully saturated rings. The summed E-state index contributed by atoms with van der Waals surface area (Å²) in [6, 6.07) is 2.63. The monoisotopic (exact) mass is 386 g/mol. The van der Waals surface area contributed by atoms with Crippen LogP contribution < -0.4 is 9.80 Å². The maximum absolute atomic E-state index is 11.9. The number of esters is 1. The first-order valence-corrected chi connectivity index (χ1v) is 10.9. The molecular formula is C20H26N4O2S. The van der Waals surface area contributed by atoms with E-state index in [0.29, 0.717) is 36.8 Å². The Morgan fingerprint density at radius 1 is 1.33 bits per heavy atom. The smallest absolute Gasteiger partial charge is 0.306 e. The van der Waals surface area contributed by atoms with Crippen molar-refractivity contribution in [2.24, 2.45) is 17.8 Å². The molecule has 4 aliphatic rings. The lowest BCUT2D eigenvalue weighted by Gasteiger charge is -2.54. The van der Waals surface area contributed by atoms with E-state index in [1.807, 2.05) is 6.92 Å². The molecule has 7 heteroatoms. The lowest BCUT2D eigenvalue weighted by atomic mass is 9.60. The van der Waals surface area contributed by atoms with Gasteiger partial charge in [0.1, 0.15) is 0 Å². The number of piperidine rings is 2. The second kappa shape index (κ2) is 6.62. The van der Waals surface area contributed by atoms with Gasteiger partial charge < -0.3 is 14.5 Å². The average molecular weight is 387 g/mol. The van der Waals surface area contributed by atoms with Gasteiger partial charge in [-0.1, -0.05) is 0 Å². The average Bonchev–Trinajstić information content (AvgIpc) is 3.13. The van der Waals surface area contributed by atoms with Gasteiger partial charge in [0.05, 0.1) is 16.8 Å². The Morgan fingerprint density at radius 2 is 2.15 bits per heavy atom. The highest BCUT2D eigenvalue weighted by Gasteiger charge is 2.48. The van der Waals surface area contributed by atoms with Gasteiger partial charge in [-0.25, -0.2) is 4.98 Å². The van der Waals surface area contributed by atoms with Gasteiger partial charge in [0, 0.05) is 32.1 Å². The van der Waals surface area contributed by atoms with Crippen LogP contribution in [-0.4, -0.2) is 48.2 Å². The maximum Gasteiger partial charge on any atom is 0.306 e. The van der Waals surface area contributed by atoms with Gasteiger partial charge >= 0.3 is 5.97 Å². The second-order valence-corrected chi connectivity index (χ2v) is 9.06. The van der Waals surface area contributed by atoms with E-state index in [1.54, 1.807) is 11.3 Å².